The maximum Gasteiger partial charge on any atom is 0.305 e. The lowest BCUT2D eigenvalue weighted by Crippen LogP contribution is -2.20. The lowest BCUT2D eigenvalue weighted by molar-refractivity contribution is -0.140. The van der Waals surface area contributed by atoms with Crippen molar-refractivity contribution in [2.24, 2.45) is 5.73 Å². The Hall–Kier alpha value is -3.20. The van der Waals surface area contributed by atoms with Crippen LogP contribution in [0.5, 0.6) is 11.5 Å². The molecular formula is C28H35ClN4O4. The maximum absolute atomic E-state index is 11.3. The lowest BCUT2D eigenvalue weighted by atomic mass is 10.0. The van der Waals surface area contributed by atoms with Crippen LogP contribution in [0.1, 0.15) is 40.9 Å². The second-order valence-corrected chi connectivity index (χ2v) is 9.23. The van der Waals surface area contributed by atoms with Crippen molar-refractivity contribution in [3.8, 4) is 11.5 Å². The van der Waals surface area contributed by atoms with Gasteiger partial charge in [-0.1, -0.05) is 29.8 Å². The van der Waals surface area contributed by atoms with Crippen molar-refractivity contribution in [2.45, 2.75) is 32.2 Å². The highest BCUT2D eigenvalue weighted by Gasteiger charge is 2.10. The summed E-state index contributed by atoms with van der Waals surface area (Å²) in [5.41, 5.74) is 10.6. The fourth-order valence-corrected chi connectivity index (χ4v) is 4.17. The maximum atomic E-state index is 11.3. The summed E-state index contributed by atoms with van der Waals surface area (Å²) in [6.07, 6.45) is 4.05. The van der Waals surface area contributed by atoms with E-state index in [0.29, 0.717) is 50.5 Å². The van der Waals surface area contributed by atoms with Crippen molar-refractivity contribution >= 4 is 17.6 Å². The standard InChI is InChI=1S/C28H35ClN4O4/c1-33(11-4-5-28(34)36-3)18-22-13-20(6-8-25(22)29)14-23-17-24(32-19-31-23)15-21-7-9-26(35-2)27(16-21)37-12-10-30/h6-9,13,16-17,19H,4-5,10-12,14-15,18,30H2,1-3H3. The number of nitrogens with zero attached hydrogens (tertiary/aromatic N) is 3. The second kappa shape index (κ2) is 14.5. The molecule has 0 aliphatic carbocycles. The fourth-order valence-electron chi connectivity index (χ4n) is 3.99. The van der Waals surface area contributed by atoms with E-state index in [0.717, 1.165) is 46.1 Å². The summed E-state index contributed by atoms with van der Waals surface area (Å²) in [6, 6.07) is 14.0. The molecule has 0 saturated carbocycles. The van der Waals surface area contributed by atoms with Gasteiger partial charge >= 0.3 is 5.97 Å². The molecule has 2 N–H and O–H groups in total. The number of carbonyl (C=O) groups is 1. The Morgan fingerprint density at radius 1 is 1.00 bits per heavy atom. The lowest BCUT2D eigenvalue weighted by Gasteiger charge is -2.18. The van der Waals surface area contributed by atoms with Gasteiger partial charge in [-0.05, 0) is 61.0 Å². The zero-order valence-electron chi connectivity index (χ0n) is 21.7. The SMILES string of the molecule is COC(=O)CCCN(C)Cc1cc(Cc2cc(Cc3ccc(OC)c(OCCN)c3)ncn2)ccc1Cl. The molecule has 0 bridgehead atoms. The third kappa shape index (κ3) is 9.00. The smallest absolute Gasteiger partial charge is 0.305 e. The minimum atomic E-state index is -0.190. The average molecular weight is 527 g/mol. The van der Waals surface area contributed by atoms with Gasteiger partial charge in [0.2, 0.25) is 0 Å². The van der Waals surface area contributed by atoms with Crippen LogP contribution >= 0.6 is 11.6 Å². The number of hydrogen-bond acceptors (Lipinski definition) is 8. The highest BCUT2D eigenvalue weighted by atomic mass is 35.5. The van der Waals surface area contributed by atoms with Gasteiger partial charge in [0.05, 0.1) is 14.2 Å². The second-order valence-electron chi connectivity index (χ2n) is 8.82. The summed E-state index contributed by atoms with van der Waals surface area (Å²) in [7, 11) is 5.04. The van der Waals surface area contributed by atoms with Gasteiger partial charge < -0.3 is 24.8 Å². The van der Waals surface area contributed by atoms with Crippen molar-refractivity contribution in [3.63, 3.8) is 0 Å². The van der Waals surface area contributed by atoms with Gasteiger partial charge in [0, 0.05) is 48.8 Å². The number of aromatic nitrogens is 2. The Balaban J connectivity index is 1.65. The molecule has 1 heterocycles. The Morgan fingerprint density at radius 2 is 1.70 bits per heavy atom. The number of halogens is 1. The van der Waals surface area contributed by atoms with Crippen LogP contribution in [-0.2, 0) is 28.9 Å². The summed E-state index contributed by atoms with van der Waals surface area (Å²) in [4.78, 5) is 22.4. The molecule has 0 amide bonds. The predicted octanol–water partition coefficient (Wildman–Crippen LogP) is 4.04. The predicted molar refractivity (Wildman–Crippen MR) is 144 cm³/mol. The normalized spacial score (nSPS) is 11.0. The molecular weight excluding hydrogens is 492 g/mol. The Labute approximate surface area is 223 Å². The minimum Gasteiger partial charge on any atom is -0.493 e. The molecule has 0 fully saturated rings. The molecule has 0 aliphatic heterocycles. The molecule has 0 radical (unpaired) electrons. The van der Waals surface area contributed by atoms with E-state index in [4.69, 9.17) is 31.5 Å². The first-order chi connectivity index (χ1) is 17.9. The molecule has 8 nitrogen and oxygen atoms in total. The van der Waals surface area contributed by atoms with E-state index >= 15 is 0 Å². The van der Waals surface area contributed by atoms with Gasteiger partial charge in [0.25, 0.3) is 0 Å². The fraction of sp³-hybridized carbons (Fsp3) is 0.393. The van der Waals surface area contributed by atoms with Gasteiger partial charge in [0.1, 0.15) is 12.9 Å². The molecule has 0 spiro atoms. The minimum absolute atomic E-state index is 0.190. The van der Waals surface area contributed by atoms with Crippen LogP contribution in [0.2, 0.25) is 5.02 Å². The summed E-state index contributed by atoms with van der Waals surface area (Å²) in [5, 5.41) is 0.721. The van der Waals surface area contributed by atoms with Crippen molar-refractivity contribution in [1.29, 1.82) is 0 Å². The largest absolute Gasteiger partial charge is 0.493 e. The van der Waals surface area contributed by atoms with Crippen LogP contribution in [0.25, 0.3) is 0 Å². The number of hydrogen-bond donors (Lipinski definition) is 1. The van der Waals surface area contributed by atoms with E-state index < -0.39 is 0 Å². The first kappa shape index (κ1) is 28.4. The molecule has 0 unspecified atom stereocenters. The van der Waals surface area contributed by atoms with Crippen molar-refractivity contribution in [3.05, 3.63) is 81.9 Å². The van der Waals surface area contributed by atoms with E-state index in [9.17, 15) is 4.79 Å². The number of benzene rings is 2. The molecule has 3 rings (SSSR count). The van der Waals surface area contributed by atoms with Crippen LogP contribution in [0, 0.1) is 0 Å². The first-order valence-corrected chi connectivity index (χ1v) is 12.6. The zero-order valence-corrected chi connectivity index (χ0v) is 22.5. The number of rotatable bonds is 14. The van der Waals surface area contributed by atoms with Crippen LogP contribution in [0.4, 0.5) is 0 Å². The third-order valence-corrected chi connectivity index (χ3v) is 6.22. The van der Waals surface area contributed by atoms with Gasteiger partial charge in [-0.2, -0.15) is 0 Å². The number of esters is 1. The van der Waals surface area contributed by atoms with Crippen molar-refractivity contribution < 1.29 is 19.0 Å². The number of carbonyl (C=O) groups excluding carboxylic acids is 1. The number of ether oxygens (including phenoxy) is 3. The average Bonchev–Trinajstić information content (AvgIpc) is 2.89. The zero-order chi connectivity index (χ0) is 26.6. The summed E-state index contributed by atoms with van der Waals surface area (Å²) >= 11 is 6.48. The van der Waals surface area contributed by atoms with Crippen molar-refractivity contribution in [1.82, 2.24) is 14.9 Å². The van der Waals surface area contributed by atoms with Gasteiger partial charge in [0.15, 0.2) is 11.5 Å². The van der Waals surface area contributed by atoms with Crippen LogP contribution < -0.4 is 15.2 Å². The molecule has 198 valence electrons. The Morgan fingerprint density at radius 3 is 2.38 bits per heavy atom. The van der Waals surface area contributed by atoms with E-state index in [1.165, 1.54) is 7.11 Å². The summed E-state index contributed by atoms with van der Waals surface area (Å²) < 4.78 is 15.8. The molecule has 3 aromatic rings. The van der Waals surface area contributed by atoms with E-state index in [1.54, 1.807) is 13.4 Å². The number of nitrogens with two attached hydrogens (primary N) is 1. The van der Waals surface area contributed by atoms with E-state index in [2.05, 4.69) is 20.9 Å². The molecule has 0 saturated heterocycles. The molecule has 1 aromatic heterocycles. The third-order valence-electron chi connectivity index (χ3n) is 5.85. The van der Waals surface area contributed by atoms with E-state index in [1.807, 2.05) is 43.4 Å². The van der Waals surface area contributed by atoms with Crippen LogP contribution in [0.15, 0.2) is 48.8 Å². The van der Waals surface area contributed by atoms with Crippen LogP contribution in [0.3, 0.4) is 0 Å². The summed E-state index contributed by atoms with van der Waals surface area (Å²) in [6.45, 7) is 2.31. The molecule has 37 heavy (non-hydrogen) atoms. The van der Waals surface area contributed by atoms with Gasteiger partial charge in [-0.25, -0.2) is 9.97 Å². The van der Waals surface area contributed by atoms with Gasteiger partial charge in [-0.3, -0.25) is 4.79 Å². The molecule has 2 aromatic carbocycles. The van der Waals surface area contributed by atoms with E-state index in [-0.39, 0.29) is 5.97 Å². The topological polar surface area (TPSA) is 99.8 Å². The first-order valence-electron chi connectivity index (χ1n) is 12.2. The van der Waals surface area contributed by atoms with Crippen molar-refractivity contribution in [2.75, 3.05) is 41.0 Å². The highest BCUT2D eigenvalue weighted by molar-refractivity contribution is 6.31. The Bertz CT molecular complexity index is 1170. The monoisotopic (exact) mass is 526 g/mol. The summed E-state index contributed by atoms with van der Waals surface area (Å²) in [5.74, 6) is 1.15. The van der Waals surface area contributed by atoms with Crippen LogP contribution in [-0.4, -0.2) is 61.8 Å². The molecule has 9 heteroatoms. The molecule has 0 aliphatic rings. The molecule has 0 atom stereocenters. The van der Waals surface area contributed by atoms with Gasteiger partial charge in [-0.15, -0.1) is 0 Å². The highest BCUT2D eigenvalue weighted by Crippen LogP contribution is 2.29. The quantitative estimate of drug-likeness (QED) is 0.314. The Kier molecular flexibility index (Phi) is 11.1. The number of methoxy groups -OCH3 is 2.